The highest BCUT2D eigenvalue weighted by Gasteiger charge is 2.09. The standard InChI is InChI=1S/C15H18N4OS/c1-11(12-5-3-2-4-6-12)9-19-13(20)10-21-15-14(16)17-7-8-18-15/h2-8,11H,9-10H2,1H3,(H2,16,17)(H,19,20). The number of thioether (sulfide) groups is 1. The maximum atomic E-state index is 11.8. The zero-order valence-corrected chi connectivity index (χ0v) is 12.6. The Morgan fingerprint density at radius 3 is 2.71 bits per heavy atom. The van der Waals surface area contributed by atoms with Gasteiger partial charge in [0.15, 0.2) is 5.82 Å². The van der Waals surface area contributed by atoms with Crippen LogP contribution in [0.5, 0.6) is 0 Å². The Labute approximate surface area is 128 Å². The molecule has 0 saturated carbocycles. The number of benzene rings is 1. The van der Waals surface area contributed by atoms with Crippen LogP contribution in [-0.2, 0) is 4.79 Å². The molecule has 3 N–H and O–H groups in total. The number of hydrogen-bond acceptors (Lipinski definition) is 5. The van der Waals surface area contributed by atoms with Crippen molar-refractivity contribution in [3.05, 3.63) is 48.3 Å². The number of nitrogens with one attached hydrogen (secondary N) is 1. The van der Waals surface area contributed by atoms with Crippen LogP contribution in [0.25, 0.3) is 0 Å². The summed E-state index contributed by atoms with van der Waals surface area (Å²) in [6.07, 6.45) is 3.09. The highest BCUT2D eigenvalue weighted by molar-refractivity contribution is 8.00. The van der Waals surface area contributed by atoms with Crippen molar-refractivity contribution in [3.8, 4) is 0 Å². The lowest BCUT2D eigenvalue weighted by Crippen LogP contribution is -2.29. The van der Waals surface area contributed by atoms with Gasteiger partial charge in [0.2, 0.25) is 5.91 Å². The van der Waals surface area contributed by atoms with Crippen molar-refractivity contribution in [1.29, 1.82) is 0 Å². The van der Waals surface area contributed by atoms with E-state index >= 15 is 0 Å². The van der Waals surface area contributed by atoms with Gasteiger partial charge in [-0.05, 0) is 11.5 Å². The Morgan fingerprint density at radius 1 is 1.29 bits per heavy atom. The van der Waals surface area contributed by atoms with Crippen LogP contribution in [0.1, 0.15) is 18.4 Å². The number of amides is 1. The molecule has 0 aliphatic rings. The Balaban J connectivity index is 1.76. The molecule has 1 unspecified atom stereocenters. The molecule has 1 heterocycles. The summed E-state index contributed by atoms with van der Waals surface area (Å²) in [5.74, 6) is 0.882. The van der Waals surface area contributed by atoms with Gasteiger partial charge in [-0.15, -0.1) is 0 Å². The maximum Gasteiger partial charge on any atom is 0.230 e. The van der Waals surface area contributed by atoms with Gasteiger partial charge in [0.1, 0.15) is 5.03 Å². The summed E-state index contributed by atoms with van der Waals surface area (Å²) in [5, 5.41) is 3.51. The van der Waals surface area contributed by atoms with E-state index in [0.717, 1.165) is 0 Å². The molecule has 5 nitrogen and oxygen atoms in total. The third-order valence-electron chi connectivity index (χ3n) is 3.01. The molecule has 110 valence electrons. The minimum atomic E-state index is -0.0344. The van der Waals surface area contributed by atoms with E-state index in [-0.39, 0.29) is 17.6 Å². The predicted molar refractivity (Wildman–Crippen MR) is 85.0 cm³/mol. The largest absolute Gasteiger partial charge is 0.381 e. The first-order chi connectivity index (χ1) is 10.2. The van der Waals surface area contributed by atoms with E-state index in [2.05, 4.69) is 34.3 Å². The molecular formula is C15H18N4OS. The van der Waals surface area contributed by atoms with Gasteiger partial charge in [-0.2, -0.15) is 0 Å². The lowest BCUT2D eigenvalue weighted by molar-refractivity contribution is -0.118. The van der Waals surface area contributed by atoms with Gasteiger partial charge in [-0.1, -0.05) is 49.0 Å². The first kappa shape index (κ1) is 15.3. The number of nitrogen functional groups attached to an aromatic ring is 1. The molecule has 0 aliphatic heterocycles. The van der Waals surface area contributed by atoms with E-state index in [9.17, 15) is 4.79 Å². The smallest absolute Gasteiger partial charge is 0.230 e. The molecule has 2 aromatic rings. The van der Waals surface area contributed by atoms with Crippen LogP contribution in [0, 0.1) is 0 Å². The lowest BCUT2D eigenvalue weighted by atomic mass is 10.0. The third kappa shape index (κ3) is 4.75. The second-order valence-electron chi connectivity index (χ2n) is 4.65. The molecule has 1 aromatic carbocycles. The quantitative estimate of drug-likeness (QED) is 0.798. The van der Waals surface area contributed by atoms with Crippen LogP contribution < -0.4 is 11.1 Å². The van der Waals surface area contributed by atoms with Crippen LogP contribution in [0.2, 0.25) is 0 Å². The number of anilines is 1. The molecule has 0 saturated heterocycles. The summed E-state index contributed by atoms with van der Waals surface area (Å²) >= 11 is 1.29. The van der Waals surface area contributed by atoms with Crippen molar-refractivity contribution in [2.45, 2.75) is 17.9 Å². The van der Waals surface area contributed by atoms with E-state index in [0.29, 0.717) is 17.4 Å². The van der Waals surface area contributed by atoms with Crippen molar-refractivity contribution < 1.29 is 4.79 Å². The van der Waals surface area contributed by atoms with Gasteiger partial charge in [-0.25, -0.2) is 9.97 Å². The van der Waals surface area contributed by atoms with Crippen molar-refractivity contribution in [2.75, 3.05) is 18.0 Å². The second-order valence-corrected chi connectivity index (χ2v) is 5.62. The van der Waals surface area contributed by atoms with Gasteiger partial charge in [0, 0.05) is 18.9 Å². The third-order valence-corrected chi connectivity index (χ3v) is 4.00. The molecule has 0 fully saturated rings. The number of carbonyl (C=O) groups is 1. The molecule has 0 radical (unpaired) electrons. The summed E-state index contributed by atoms with van der Waals surface area (Å²) in [7, 11) is 0. The average Bonchev–Trinajstić information content (AvgIpc) is 2.52. The van der Waals surface area contributed by atoms with E-state index < -0.39 is 0 Å². The summed E-state index contributed by atoms with van der Waals surface area (Å²) in [6.45, 7) is 2.70. The molecule has 1 amide bonds. The normalized spacial score (nSPS) is 11.9. The Bertz CT molecular complexity index is 591. The lowest BCUT2D eigenvalue weighted by Gasteiger charge is -2.13. The highest BCUT2D eigenvalue weighted by Crippen LogP contribution is 2.19. The van der Waals surface area contributed by atoms with Gasteiger partial charge in [0.25, 0.3) is 0 Å². The van der Waals surface area contributed by atoms with Crippen molar-refractivity contribution in [3.63, 3.8) is 0 Å². The topological polar surface area (TPSA) is 80.9 Å². The van der Waals surface area contributed by atoms with Crippen LogP contribution >= 0.6 is 11.8 Å². The van der Waals surface area contributed by atoms with Gasteiger partial charge >= 0.3 is 0 Å². The number of aromatic nitrogens is 2. The molecule has 6 heteroatoms. The fourth-order valence-corrected chi connectivity index (χ4v) is 2.50. The molecular weight excluding hydrogens is 284 g/mol. The monoisotopic (exact) mass is 302 g/mol. The fraction of sp³-hybridized carbons (Fsp3) is 0.267. The van der Waals surface area contributed by atoms with E-state index in [1.165, 1.54) is 23.5 Å². The van der Waals surface area contributed by atoms with Crippen LogP contribution in [0.4, 0.5) is 5.82 Å². The summed E-state index contributed by atoms with van der Waals surface area (Å²) < 4.78 is 0. The Hall–Kier alpha value is -2.08. The Morgan fingerprint density at radius 2 is 2.00 bits per heavy atom. The SMILES string of the molecule is CC(CNC(=O)CSc1nccnc1N)c1ccccc1. The minimum absolute atomic E-state index is 0.0344. The van der Waals surface area contributed by atoms with Gasteiger partial charge in [-0.3, -0.25) is 4.79 Å². The molecule has 2 rings (SSSR count). The summed E-state index contributed by atoms with van der Waals surface area (Å²) in [6, 6.07) is 10.1. The van der Waals surface area contributed by atoms with Crippen LogP contribution in [0.15, 0.2) is 47.8 Å². The zero-order valence-electron chi connectivity index (χ0n) is 11.8. The fourth-order valence-electron chi connectivity index (χ4n) is 1.80. The average molecular weight is 302 g/mol. The van der Waals surface area contributed by atoms with E-state index in [1.807, 2.05) is 18.2 Å². The number of nitrogens with two attached hydrogens (primary N) is 1. The van der Waals surface area contributed by atoms with Gasteiger partial charge < -0.3 is 11.1 Å². The molecule has 0 spiro atoms. The highest BCUT2D eigenvalue weighted by atomic mass is 32.2. The molecule has 1 aromatic heterocycles. The first-order valence-electron chi connectivity index (χ1n) is 6.67. The minimum Gasteiger partial charge on any atom is -0.381 e. The number of hydrogen-bond donors (Lipinski definition) is 2. The number of rotatable bonds is 6. The number of carbonyl (C=O) groups excluding carboxylic acids is 1. The van der Waals surface area contributed by atoms with Crippen molar-refractivity contribution in [1.82, 2.24) is 15.3 Å². The molecule has 0 aliphatic carbocycles. The molecule has 0 bridgehead atoms. The summed E-state index contributed by atoms with van der Waals surface area (Å²) in [4.78, 5) is 19.9. The van der Waals surface area contributed by atoms with Gasteiger partial charge in [0.05, 0.1) is 5.75 Å². The zero-order chi connectivity index (χ0) is 15.1. The Kier molecular flexibility index (Phi) is 5.57. The van der Waals surface area contributed by atoms with Crippen LogP contribution in [-0.4, -0.2) is 28.2 Å². The second kappa shape index (κ2) is 7.64. The molecule has 21 heavy (non-hydrogen) atoms. The first-order valence-corrected chi connectivity index (χ1v) is 7.66. The molecule has 1 atom stereocenters. The van der Waals surface area contributed by atoms with Crippen LogP contribution in [0.3, 0.4) is 0 Å². The maximum absolute atomic E-state index is 11.8. The van der Waals surface area contributed by atoms with Crippen molar-refractivity contribution in [2.24, 2.45) is 0 Å². The van der Waals surface area contributed by atoms with E-state index in [4.69, 9.17) is 5.73 Å². The number of nitrogens with zero attached hydrogens (tertiary/aromatic N) is 2. The predicted octanol–water partition coefficient (Wildman–Crippen LogP) is 2.07. The van der Waals surface area contributed by atoms with Crippen molar-refractivity contribution >= 4 is 23.5 Å². The summed E-state index contributed by atoms with van der Waals surface area (Å²) in [5.41, 5.74) is 6.89. The van der Waals surface area contributed by atoms with E-state index in [1.54, 1.807) is 6.20 Å².